The Bertz CT molecular complexity index is 810. The number of ether oxygens (including phenoxy) is 2. The molecule has 0 aliphatic carbocycles. The number of carbonyl (C=O) groups is 5. The molecule has 1 aliphatic rings. The average molecular weight is 523 g/mol. The number of nitrogens with one attached hydrogen (secondary N) is 3. The molecule has 9 atom stereocenters. The van der Waals surface area contributed by atoms with E-state index >= 15 is 0 Å². The van der Waals surface area contributed by atoms with Gasteiger partial charge in [-0.05, 0) is 20.3 Å². The molecule has 16 heteroatoms. The van der Waals surface area contributed by atoms with E-state index in [4.69, 9.17) is 20.3 Å². The lowest BCUT2D eigenvalue weighted by Gasteiger charge is -2.43. The molecular formula is C20H34N4O12. The second kappa shape index (κ2) is 14.0. The largest absolute Gasteiger partial charge is 0.481 e. The van der Waals surface area contributed by atoms with Gasteiger partial charge >= 0.3 is 5.97 Å². The molecule has 0 spiro atoms. The molecule has 0 aromatic carbocycles. The number of carbonyl (C=O) groups excluding carboxylic acids is 4. The molecule has 16 nitrogen and oxygen atoms in total. The number of aliphatic hydroxyl groups excluding tert-OH is 4. The van der Waals surface area contributed by atoms with Crippen LogP contribution in [0.4, 0.5) is 0 Å². The van der Waals surface area contributed by atoms with Crippen molar-refractivity contribution in [1.82, 2.24) is 16.0 Å². The minimum Gasteiger partial charge on any atom is -0.481 e. The predicted octanol–water partition coefficient (Wildman–Crippen LogP) is -4.96. The van der Waals surface area contributed by atoms with Crippen molar-refractivity contribution in [3.05, 3.63) is 0 Å². The van der Waals surface area contributed by atoms with Crippen LogP contribution in [0.15, 0.2) is 0 Å². The fourth-order valence-corrected chi connectivity index (χ4v) is 3.42. The van der Waals surface area contributed by atoms with Gasteiger partial charge in [0.25, 0.3) is 0 Å². The highest BCUT2D eigenvalue weighted by atomic mass is 16.6. The lowest BCUT2D eigenvalue weighted by molar-refractivity contribution is -0.266. The first-order valence-corrected chi connectivity index (χ1v) is 11.0. The van der Waals surface area contributed by atoms with Gasteiger partial charge in [-0.2, -0.15) is 0 Å². The Hall–Kier alpha value is -2.89. The molecule has 1 rings (SSSR count). The number of primary amides is 1. The molecule has 0 saturated carbocycles. The standard InChI is InChI=1S/C20H34N4O12/c1-7(26)13(19(33)23-10(17(21)31)4-5-12(28)29)24-18(32)8(2)35-16-14(22-9(3)27)20(34)36-11(6-25)15(16)30/h7-8,10-11,13-16,20,25-26,30,34H,4-6H2,1-3H3,(H2,21,31)(H,22,27)(H,23,33)(H,24,32)(H,28,29)/t7-,8+,10-,11+,13-,14-,15-,16+,20+/m0/s1. The number of hydrogen-bond donors (Lipinski definition) is 9. The molecule has 206 valence electrons. The highest BCUT2D eigenvalue weighted by Crippen LogP contribution is 2.23. The number of nitrogens with two attached hydrogens (primary N) is 1. The number of aliphatic hydroxyl groups is 4. The summed E-state index contributed by atoms with van der Waals surface area (Å²) in [7, 11) is 0. The topological polar surface area (TPSA) is 267 Å². The van der Waals surface area contributed by atoms with Gasteiger partial charge in [-0.1, -0.05) is 0 Å². The van der Waals surface area contributed by atoms with Crippen molar-refractivity contribution < 1.29 is 59.0 Å². The molecule has 0 unspecified atom stereocenters. The number of carboxylic acid groups (broad SMARTS) is 1. The van der Waals surface area contributed by atoms with Crippen LogP contribution in [-0.4, -0.2) is 117 Å². The normalized spacial score (nSPS) is 27.1. The first kappa shape index (κ1) is 31.1. The molecule has 1 saturated heterocycles. The summed E-state index contributed by atoms with van der Waals surface area (Å²) >= 11 is 0. The molecule has 4 amide bonds. The van der Waals surface area contributed by atoms with Gasteiger partial charge in [0.1, 0.15) is 42.5 Å². The van der Waals surface area contributed by atoms with E-state index in [-0.39, 0.29) is 6.42 Å². The van der Waals surface area contributed by atoms with E-state index < -0.39 is 97.6 Å². The van der Waals surface area contributed by atoms with E-state index in [9.17, 15) is 44.4 Å². The van der Waals surface area contributed by atoms with Crippen LogP contribution in [0.3, 0.4) is 0 Å². The zero-order valence-electron chi connectivity index (χ0n) is 20.0. The van der Waals surface area contributed by atoms with E-state index in [1.807, 2.05) is 0 Å². The Kier molecular flexibility index (Phi) is 12.1. The first-order chi connectivity index (χ1) is 16.7. The van der Waals surface area contributed by atoms with Gasteiger partial charge < -0.3 is 56.7 Å². The quantitative estimate of drug-likeness (QED) is 0.110. The summed E-state index contributed by atoms with van der Waals surface area (Å²) in [6.07, 6.45) is -9.70. The maximum Gasteiger partial charge on any atom is 0.303 e. The molecule has 0 radical (unpaired) electrons. The molecule has 10 N–H and O–H groups in total. The Morgan fingerprint density at radius 3 is 2.17 bits per heavy atom. The average Bonchev–Trinajstić information content (AvgIpc) is 2.77. The maximum atomic E-state index is 12.7. The number of carboxylic acids is 1. The van der Waals surface area contributed by atoms with Crippen molar-refractivity contribution in [2.75, 3.05) is 6.61 Å². The minimum atomic E-state index is -1.69. The highest BCUT2D eigenvalue weighted by molar-refractivity contribution is 5.93. The third kappa shape index (κ3) is 8.96. The molecular weight excluding hydrogens is 488 g/mol. The van der Waals surface area contributed by atoms with Gasteiger partial charge in [-0.3, -0.25) is 24.0 Å². The van der Waals surface area contributed by atoms with Crippen molar-refractivity contribution in [1.29, 1.82) is 0 Å². The van der Waals surface area contributed by atoms with Gasteiger partial charge in [0.2, 0.25) is 23.6 Å². The van der Waals surface area contributed by atoms with Crippen LogP contribution in [0.25, 0.3) is 0 Å². The Balaban J connectivity index is 2.96. The molecule has 0 aromatic rings. The summed E-state index contributed by atoms with van der Waals surface area (Å²) in [5, 5.41) is 55.5. The molecule has 0 bridgehead atoms. The lowest BCUT2D eigenvalue weighted by atomic mass is 9.96. The number of rotatable bonds is 13. The Morgan fingerprint density at radius 1 is 1.08 bits per heavy atom. The van der Waals surface area contributed by atoms with Crippen molar-refractivity contribution in [2.24, 2.45) is 5.73 Å². The van der Waals surface area contributed by atoms with Crippen molar-refractivity contribution in [2.45, 2.75) is 88.5 Å². The highest BCUT2D eigenvalue weighted by Gasteiger charge is 2.47. The number of hydrogen-bond acceptors (Lipinski definition) is 11. The first-order valence-electron chi connectivity index (χ1n) is 11.0. The van der Waals surface area contributed by atoms with Crippen molar-refractivity contribution in [3.8, 4) is 0 Å². The van der Waals surface area contributed by atoms with Crippen LogP contribution < -0.4 is 21.7 Å². The molecule has 1 fully saturated rings. The van der Waals surface area contributed by atoms with E-state index in [2.05, 4.69) is 16.0 Å². The second-order valence-electron chi connectivity index (χ2n) is 8.33. The van der Waals surface area contributed by atoms with Gasteiger partial charge in [0, 0.05) is 13.3 Å². The smallest absolute Gasteiger partial charge is 0.303 e. The summed E-state index contributed by atoms with van der Waals surface area (Å²) in [5.74, 6) is -4.86. The molecule has 0 aromatic heterocycles. The summed E-state index contributed by atoms with van der Waals surface area (Å²) in [4.78, 5) is 59.1. The minimum absolute atomic E-state index is 0.322. The van der Waals surface area contributed by atoms with Crippen LogP contribution in [0.2, 0.25) is 0 Å². The fraction of sp³-hybridized carbons (Fsp3) is 0.750. The monoisotopic (exact) mass is 522 g/mol. The van der Waals surface area contributed by atoms with Gasteiger partial charge in [0.05, 0.1) is 12.7 Å². The van der Waals surface area contributed by atoms with Crippen LogP contribution in [0.5, 0.6) is 0 Å². The third-order valence-corrected chi connectivity index (χ3v) is 5.34. The van der Waals surface area contributed by atoms with Crippen LogP contribution in [0, 0.1) is 0 Å². The summed E-state index contributed by atoms with van der Waals surface area (Å²) in [6, 6.07) is -4.32. The summed E-state index contributed by atoms with van der Waals surface area (Å²) < 4.78 is 10.6. The number of aliphatic carboxylic acids is 1. The van der Waals surface area contributed by atoms with Crippen molar-refractivity contribution in [3.63, 3.8) is 0 Å². The predicted molar refractivity (Wildman–Crippen MR) is 118 cm³/mol. The van der Waals surface area contributed by atoms with Crippen LogP contribution in [0.1, 0.15) is 33.6 Å². The van der Waals surface area contributed by atoms with Gasteiger partial charge in [-0.25, -0.2) is 0 Å². The third-order valence-electron chi connectivity index (χ3n) is 5.34. The SMILES string of the molecule is CC(=O)N[C@H]1[C@@H](O[C@H](C)C(=O)N[C@H](C(=O)N[C@@H](CCC(=O)O)C(N)=O)[C@H](C)O)[C@@H](O)[C@@H](CO)O[C@H]1O. The van der Waals surface area contributed by atoms with Gasteiger partial charge in [-0.15, -0.1) is 0 Å². The van der Waals surface area contributed by atoms with Crippen LogP contribution in [-0.2, 0) is 33.4 Å². The zero-order chi connectivity index (χ0) is 27.7. The van der Waals surface area contributed by atoms with E-state index in [0.717, 1.165) is 6.92 Å². The summed E-state index contributed by atoms with van der Waals surface area (Å²) in [5.41, 5.74) is 5.18. The molecule has 36 heavy (non-hydrogen) atoms. The molecule has 1 heterocycles. The maximum absolute atomic E-state index is 12.7. The zero-order valence-corrected chi connectivity index (χ0v) is 20.0. The van der Waals surface area contributed by atoms with Gasteiger partial charge in [0.15, 0.2) is 6.29 Å². The fourth-order valence-electron chi connectivity index (χ4n) is 3.42. The van der Waals surface area contributed by atoms with Crippen LogP contribution >= 0.6 is 0 Å². The van der Waals surface area contributed by atoms with E-state index in [1.54, 1.807) is 0 Å². The Labute approximate surface area is 206 Å². The lowest BCUT2D eigenvalue weighted by Crippen LogP contribution is -2.66. The Morgan fingerprint density at radius 2 is 1.69 bits per heavy atom. The second-order valence-corrected chi connectivity index (χ2v) is 8.33. The number of amides is 4. The van der Waals surface area contributed by atoms with E-state index in [1.165, 1.54) is 13.8 Å². The summed E-state index contributed by atoms with van der Waals surface area (Å²) in [6.45, 7) is 2.81. The van der Waals surface area contributed by atoms with E-state index in [0.29, 0.717) is 0 Å². The molecule has 1 aliphatic heterocycles. The van der Waals surface area contributed by atoms with Crippen molar-refractivity contribution >= 4 is 29.6 Å².